The quantitative estimate of drug-likeness (QED) is 0.369. The lowest BCUT2D eigenvalue weighted by Gasteiger charge is -2.53. The summed E-state index contributed by atoms with van der Waals surface area (Å²) in [4.78, 5) is 13.6. The predicted octanol–water partition coefficient (Wildman–Crippen LogP) is 4.26. The summed E-state index contributed by atoms with van der Waals surface area (Å²) in [5, 5.41) is 25.9. The summed E-state index contributed by atoms with van der Waals surface area (Å²) in [5.41, 5.74) is -0.913. The molecule has 0 saturated heterocycles. The van der Waals surface area contributed by atoms with Gasteiger partial charge in [-0.1, -0.05) is 66.7 Å². The Hall–Kier alpha value is -3.67. The largest absolute Gasteiger partial charge is 0.497 e. The summed E-state index contributed by atoms with van der Waals surface area (Å²) in [6.45, 7) is 0. The van der Waals surface area contributed by atoms with Gasteiger partial charge in [0, 0.05) is 11.8 Å². The smallest absolute Gasteiger partial charge is 0.318 e. The highest BCUT2D eigenvalue weighted by Gasteiger charge is 2.62. The van der Waals surface area contributed by atoms with Crippen molar-refractivity contribution >= 4 is 16.7 Å². The van der Waals surface area contributed by atoms with Crippen LogP contribution in [0.15, 0.2) is 84.9 Å². The minimum atomic E-state index is -1.63. The zero-order chi connectivity index (χ0) is 22.8. The highest BCUT2D eigenvalue weighted by atomic mass is 16.5. The average Bonchev–Trinajstić information content (AvgIpc) is 2.85. The van der Waals surface area contributed by atoms with Gasteiger partial charge in [0.25, 0.3) is 0 Å². The van der Waals surface area contributed by atoms with Gasteiger partial charge in [-0.15, -0.1) is 0 Å². The van der Waals surface area contributed by atoms with Gasteiger partial charge in [-0.25, -0.2) is 0 Å². The molecule has 0 fully saturated rings. The molecule has 4 aromatic rings. The van der Waals surface area contributed by atoms with Crippen molar-refractivity contribution in [2.45, 2.75) is 17.6 Å². The maximum absolute atomic E-state index is 13.6. The van der Waals surface area contributed by atoms with Gasteiger partial charge >= 0.3 is 5.97 Å². The molecule has 5 heteroatoms. The molecule has 2 N–H and O–H groups in total. The number of esters is 1. The summed E-state index contributed by atoms with van der Waals surface area (Å²) in [7, 11) is 1.56. The molecule has 33 heavy (non-hydrogen) atoms. The minimum Gasteiger partial charge on any atom is -0.497 e. The Morgan fingerprint density at radius 3 is 2.36 bits per heavy atom. The molecular weight excluding hydrogens is 416 g/mol. The molecule has 3 aliphatic rings. The normalized spacial score (nSPS) is 24.8. The second kappa shape index (κ2) is 6.91. The molecular formula is C28H22O5. The van der Waals surface area contributed by atoms with E-state index in [0.717, 1.165) is 10.8 Å². The van der Waals surface area contributed by atoms with E-state index in [1.54, 1.807) is 49.6 Å². The first-order valence-corrected chi connectivity index (χ1v) is 10.9. The third-order valence-electron chi connectivity index (χ3n) is 7.11. The predicted molar refractivity (Wildman–Crippen MR) is 123 cm³/mol. The number of rotatable bonds is 3. The number of carbonyl (C=O) groups excluding carboxylic acids is 1. The Morgan fingerprint density at radius 1 is 0.848 bits per heavy atom. The van der Waals surface area contributed by atoms with Gasteiger partial charge in [0.15, 0.2) is 0 Å². The van der Waals surface area contributed by atoms with Crippen LogP contribution >= 0.6 is 0 Å². The van der Waals surface area contributed by atoms with E-state index in [-0.39, 0.29) is 6.42 Å². The fourth-order valence-electron chi connectivity index (χ4n) is 5.55. The number of aliphatic hydroxyl groups is 2. The summed E-state index contributed by atoms with van der Waals surface area (Å²) in [6, 6.07) is 25.6. The van der Waals surface area contributed by atoms with E-state index < -0.39 is 23.1 Å². The monoisotopic (exact) mass is 438 g/mol. The lowest BCUT2D eigenvalue weighted by atomic mass is 9.54. The summed E-state index contributed by atoms with van der Waals surface area (Å²) >= 11 is 0. The first-order valence-electron chi connectivity index (χ1n) is 10.9. The highest BCUT2D eigenvalue weighted by molar-refractivity contribution is 5.91. The van der Waals surface area contributed by atoms with Crippen LogP contribution in [-0.4, -0.2) is 23.3 Å². The number of hydrogen-bond donors (Lipinski definition) is 2. The second-order valence-electron chi connectivity index (χ2n) is 8.74. The van der Waals surface area contributed by atoms with E-state index in [1.807, 2.05) is 42.5 Å². The van der Waals surface area contributed by atoms with Gasteiger partial charge in [0.1, 0.15) is 22.7 Å². The van der Waals surface area contributed by atoms with E-state index in [4.69, 9.17) is 9.47 Å². The summed E-state index contributed by atoms with van der Waals surface area (Å²) in [5.74, 6) is -0.565. The summed E-state index contributed by atoms with van der Waals surface area (Å²) < 4.78 is 11.2. The Morgan fingerprint density at radius 2 is 1.55 bits per heavy atom. The van der Waals surface area contributed by atoms with Crippen molar-refractivity contribution in [2.75, 3.05) is 7.11 Å². The molecule has 0 radical (unpaired) electrons. The fraction of sp³-hybridized carbons (Fsp3) is 0.179. The van der Waals surface area contributed by atoms with Crippen LogP contribution in [0.3, 0.4) is 0 Å². The molecule has 4 aromatic carbocycles. The number of fused-ring (bicyclic) bond motifs is 2. The molecule has 0 aliphatic heterocycles. The van der Waals surface area contributed by atoms with Crippen molar-refractivity contribution in [1.82, 2.24) is 0 Å². The lowest BCUT2D eigenvalue weighted by Crippen LogP contribution is -2.57. The highest BCUT2D eigenvalue weighted by Crippen LogP contribution is 2.60. The van der Waals surface area contributed by atoms with Gasteiger partial charge < -0.3 is 19.7 Å². The van der Waals surface area contributed by atoms with Crippen molar-refractivity contribution < 1.29 is 24.5 Å². The third kappa shape index (κ3) is 2.64. The van der Waals surface area contributed by atoms with E-state index in [0.29, 0.717) is 33.8 Å². The number of methoxy groups -OCH3 is 1. The van der Waals surface area contributed by atoms with E-state index in [2.05, 4.69) is 0 Å². The molecule has 0 heterocycles. The molecule has 0 saturated carbocycles. The molecule has 5 nitrogen and oxygen atoms in total. The van der Waals surface area contributed by atoms with Crippen molar-refractivity contribution in [3.8, 4) is 11.5 Å². The minimum absolute atomic E-state index is 0.00425. The summed E-state index contributed by atoms with van der Waals surface area (Å²) in [6.07, 6.45) is 0.00425. The lowest BCUT2D eigenvalue weighted by molar-refractivity contribution is -0.157. The zero-order valence-electron chi connectivity index (χ0n) is 18.0. The Labute approximate surface area is 190 Å². The van der Waals surface area contributed by atoms with E-state index >= 15 is 0 Å². The maximum Gasteiger partial charge on any atom is 0.318 e. The van der Waals surface area contributed by atoms with Crippen LogP contribution in [0.2, 0.25) is 0 Å². The fourth-order valence-corrected chi connectivity index (χ4v) is 5.55. The average molecular weight is 438 g/mol. The topological polar surface area (TPSA) is 76.0 Å². The van der Waals surface area contributed by atoms with Gasteiger partial charge in [-0.3, -0.25) is 4.79 Å². The molecule has 0 spiro atoms. The number of carbonyl (C=O) groups is 1. The van der Waals surface area contributed by atoms with E-state index in [9.17, 15) is 15.0 Å². The van der Waals surface area contributed by atoms with E-state index in [1.165, 1.54) is 0 Å². The molecule has 3 aliphatic carbocycles. The Kier molecular flexibility index (Phi) is 4.18. The van der Waals surface area contributed by atoms with Crippen molar-refractivity contribution in [2.24, 2.45) is 5.92 Å². The van der Waals surface area contributed by atoms with Crippen LogP contribution in [0.1, 0.15) is 28.7 Å². The third-order valence-corrected chi connectivity index (χ3v) is 7.11. The van der Waals surface area contributed by atoms with Crippen LogP contribution in [0.25, 0.3) is 10.8 Å². The Balaban J connectivity index is 1.50. The molecule has 7 rings (SSSR count). The van der Waals surface area contributed by atoms with Crippen molar-refractivity contribution in [3.63, 3.8) is 0 Å². The number of hydrogen-bond acceptors (Lipinski definition) is 5. The van der Waals surface area contributed by atoms with Gasteiger partial charge in [-0.2, -0.15) is 0 Å². The molecule has 2 bridgehead atoms. The Bertz CT molecular complexity index is 1420. The SMILES string of the molecule is COc1ccc2c(c1)C1(O)CC(C(=O)Oc3cccc4ccccc34)C2(O)c2ccccc21. The second-order valence-corrected chi connectivity index (χ2v) is 8.74. The molecule has 164 valence electrons. The van der Waals surface area contributed by atoms with Gasteiger partial charge in [0.05, 0.1) is 13.0 Å². The molecule has 3 atom stereocenters. The van der Waals surface area contributed by atoms with Crippen molar-refractivity contribution in [3.05, 3.63) is 107 Å². The van der Waals surface area contributed by atoms with Crippen LogP contribution in [0.5, 0.6) is 11.5 Å². The first kappa shape index (κ1) is 20.0. The van der Waals surface area contributed by atoms with Crippen molar-refractivity contribution in [1.29, 1.82) is 0 Å². The maximum atomic E-state index is 13.6. The molecule has 0 aromatic heterocycles. The van der Waals surface area contributed by atoms with Crippen LogP contribution < -0.4 is 9.47 Å². The number of ether oxygens (including phenoxy) is 2. The molecule has 0 amide bonds. The zero-order valence-corrected chi connectivity index (χ0v) is 18.0. The van der Waals surface area contributed by atoms with Crippen LogP contribution in [0.4, 0.5) is 0 Å². The van der Waals surface area contributed by atoms with Crippen LogP contribution in [-0.2, 0) is 16.0 Å². The first-order chi connectivity index (χ1) is 16.0. The van der Waals surface area contributed by atoms with Gasteiger partial charge in [-0.05, 0) is 45.8 Å². The van der Waals surface area contributed by atoms with Gasteiger partial charge in [0.2, 0.25) is 0 Å². The molecule has 3 unspecified atom stereocenters. The number of benzene rings is 4. The standard InChI is InChI=1S/C28H22O5/c1-32-18-13-14-22-23(15-18)27(30)16-24(28(22,31)21-11-5-4-10-20(21)27)26(29)33-25-12-6-8-17-7-2-3-9-19(17)25/h2-15,24,30-31H,16H2,1H3. The van der Waals surface area contributed by atoms with Crippen LogP contribution in [0, 0.1) is 5.92 Å².